The summed E-state index contributed by atoms with van der Waals surface area (Å²) >= 11 is 5.83. The van der Waals surface area contributed by atoms with Gasteiger partial charge in [0, 0.05) is 31.2 Å². The number of hydrogen-bond donors (Lipinski definition) is 0. The molecular formula is C16H19ClN2O3S. The molecule has 0 N–H and O–H groups in total. The number of nitrogens with zero attached hydrogens (tertiary/aromatic N) is 2. The summed E-state index contributed by atoms with van der Waals surface area (Å²) in [6.45, 7) is 3.16. The fraction of sp³-hybridized carbons (Fsp3) is 0.375. The van der Waals surface area contributed by atoms with Crippen LogP contribution in [0.15, 0.2) is 47.1 Å². The zero-order valence-corrected chi connectivity index (χ0v) is 14.3. The third-order valence-electron chi connectivity index (χ3n) is 3.95. The summed E-state index contributed by atoms with van der Waals surface area (Å²) < 4.78 is 31.9. The molecule has 1 aliphatic heterocycles. The van der Waals surface area contributed by atoms with Gasteiger partial charge in [0.15, 0.2) is 0 Å². The van der Waals surface area contributed by atoms with Crippen molar-refractivity contribution in [1.29, 1.82) is 0 Å². The van der Waals surface area contributed by atoms with Gasteiger partial charge in [-0.05, 0) is 29.8 Å². The van der Waals surface area contributed by atoms with Crippen LogP contribution in [0.4, 0.5) is 0 Å². The molecule has 0 saturated carbocycles. The lowest BCUT2D eigenvalue weighted by atomic mass is 10.2. The lowest BCUT2D eigenvalue weighted by Crippen LogP contribution is -2.48. The maximum absolute atomic E-state index is 12.5. The van der Waals surface area contributed by atoms with Crippen LogP contribution >= 0.6 is 11.6 Å². The van der Waals surface area contributed by atoms with Gasteiger partial charge >= 0.3 is 0 Å². The Morgan fingerprint density at radius 1 is 1.04 bits per heavy atom. The van der Waals surface area contributed by atoms with E-state index >= 15 is 0 Å². The molecule has 0 unspecified atom stereocenters. The molecule has 1 saturated heterocycles. The summed E-state index contributed by atoms with van der Waals surface area (Å²) in [6, 6.07) is 10.7. The van der Waals surface area contributed by atoms with Gasteiger partial charge < -0.3 is 4.42 Å². The van der Waals surface area contributed by atoms with E-state index in [1.165, 1.54) is 0 Å². The van der Waals surface area contributed by atoms with Gasteiger partial charge in [-0.3, -0.25) is 4.90 Å². The Kier molecular flexibility index (Phi) is 5.06. The van der Waals surface area contributed by atoms with E-state index in [0.29, 0.717) is 31.2 Å². The predicted octanol–water partition coefficient (Wildman–Crippen LogP) is 2.58. The molecular weight excluding hydrogens is 336 g/mol. The molecule has 2 heterocycles. The van der Waals surface area contributed by atoms with E-state index in [9.17, 15) is 8.42 Å². The molecule has 7 heteroatoms. The lowest BCUT2D eigenvalue weighted by Gasteiger charge is -2.33. The molecule has 0 radical (unpaired) electrons. The molecule has 0 bridgehead atoms. The van der Waals surface area contributed by atoms with Crippen LogP contribution in [0.25, 0.3) is 0 Å². The Bertz CT molecular complexity index is 721. The van der Waals surface area contributed by atoms with E-state index in [1.807, 2.05) is 12.1 Å². The third kappa shape index (κ3) is 4.35. The maximum Gasteiger partial charge on any atom is 0.218 e. The van der Waals surface area contributed by atoms with Crippen LogP contribution in [-0.2, 0) is 22.3 Å². The van der Waals surface area contributed by atoms with Crippen LogP contribution in [0, 0.1) is 0 Å². The SMILES string of the molecule is O=S(=O)(Cc1ccc(Cl)cc1)N1CCN(Cc2ccco2)CC1. The number of piperazine rings is 1. The smallest absolute Gasteiger partial charge is 0.218 e. The van der Waals surface area contributed by atoms with Crippen molar-refractivity contribution in [3.05, 3.63) is 59.0 Å². The number of furan rings is 1. The Morgan fingerprint density at radius 2 is 1.74 bits per heavy atom. The minimum absolute atomic E-state index is 0.0162. The molecule has 0 atom stereocenters. The molecule has 0 spiro atoms. The van der Waals surface area contributed by atoms with Gasteiger partial charge in [0.05, 0.1) is 18.6 Å². The van der Waals surface area contributed by atoms with Crippen molar-refractivity contribution >= 4 is 21.6 Å². The second-order valence-corrected chi connectivity index (χ2v) is 8.04. The van der Waals surface area contributed by atoms with Crippen LogP contribution in [0.1, 0.15) is 11.3 Å². The summed E-state index contributed by atoms with van der Waals surface area (Å²) in [4.78, 5) is 2.20. The number of hydrogen-bond acceptors (Lipinski definition) is 4. The Labute approximate surface area is 141 Å². The molecule has 1 fully saturated rings. The zero-order chi connectivity index (χ0) is 16.3. The minimum atomic E-state index is -3.29. The summed E-state index contributed by atoms with van der Waals surface area (Å²) in [5, 5.41) is 0.609. The average molecular weight is 355 g/mol. The van der Waals surface area contributed by atoms with Crippen molar-refractivity contribution in [1.82, 2.24) is 9.21 Å². The molecule has 0 aliphatic carbocycles. The molecule has 1 aliphatic rings. The van der Waals surface area contributed by atoms with Crippen molar-refractivity contribution < 1.29 is 12.8 Å². The first kappa shape index (κ1) is 16.5. The highest BCUT2D eigenvalue weighted by molar-refractivity contribution is 7.88. The van der Waals surface area contributed by atoms with Gasteiger partial charge in [0.2, 0.25) is 10.0 Å². The van der Waals surface area contributed by atoms with E-state index in [0.717, 1.165) is 17.9 Å². The highest BCUT2D eigenvalue weighted by Gasteiger charge is 2.27. The molecule has 3 rings (SSSR count). The number of benzene rings is 1. The molecule has 124 valence electrons. The predicted molar refractivity (Wildman–Crippen MR) is 89.6 cm³/mol. The van der Waals surface area contributed by atoms with Crippen LogP contribution in [0.5, 0.6) is 0 Å². The van der Waals surface area contributed by atoms with Crippen molar-refractivity contribution in [2.45, 2.75) is 12.3 Å². The first-order chi connectivity index (χ1) is 11.0. The summed E-state index contributed by atoms with van der Waals surface area (Å²) in [5.41, 5.74) is 0.757. The van der Waals surface area contributed by atoms with Crippen LogP contribution in [0.2, 0.25) is 5.02 Å². The molecule has 1 aromatic carbocycles. The van der Waals surface area contributed by atoms with E-state index < -0.39 is 10.0 Å². The van der Waals surface area contributed by atoms with Crippen molar-refractivity contribution in [3.63, 3.8) is 0 Å². The quantitative estimate of drug-likeness (QED) is 0.828. The third-order valence-corrected chi connectivity index (χ3v) is 6.05. The molecule has 0 amide bonds. The topological polar surface area (TPSA) is 53.8 Å². The standard InChI is InChI=1S/C16H19ClN2O3S/c17-15-5-3-14(4-6-15)13-23(20,21)19-9-7-18(8-10-19)12-16-2-1-11-22-16/h1-6,11H,7-10,12-13H2. The first-order valence-corrected chi connectivity index (χ1v) is 9.49. The molecule has 2 aromatic rings. The normalized spacial score (nSPS) is 17.4. The summed E-state index contributed by atoms with van der Waals surface area (Å²) in [7, 11) is -3.29. The monoisotopic (exact) mass is 354 g/mol. The molecule has 5 nitrogen and oxygen atoms in total. The van der Waals surface area contributed by atoms with Crippen LogP contribution in [-0.4, -0.2) is 43.8 Å². The lowest BCUT2D eigenvalue weighted by molar-refractivity contribution is 0.171. The Balaban J connectivity index is 1.56. The second-order valence-electron chi connectivity index (χ2n) is 5.64. The van der Waals surface area contributed by atoms with E-state index in [1.54, 1.807) is 34.8 Å². The van der Waals surface area contributed by atoms with Gasteiger partial charge in [0.1, 0.15) is 5.76 Å². The maximum atomic E-state index is 12.5. The number of sulfonamides is 1. The van der Waals surface area contributed by atoms with Gasteiger partial charge in [-0.15, -0.1) is 0 Å². The average Bonchev–Trinajstić information content (AvgIpc) is 3.03. The van der Waals surface area contributed by atoms with E-state index in [-0.39, 0.29) is 5.75 Å². The summed E-state index contributed by atoms with van der Waals surface area (Å²) in [5.74, 6) is 0.921. The Morgan fingerprint density at radius 3 is 2.35 bits per heavy atom. The van der Waals surface area contributed by atoms with Crippen molar-refractivity contribution in [2.24, 2.45) is 0 Å². The molecule has 23 heavy (non-hydrogen) atoms. The number of rotatable bonds is 5. The van der Waals surface area contributed by atoms with Gasteiger partial charge in [-0.2, -0.15) is 4.31 Å². The first-order valence-electron chi connectivity index (χ1n) is 7.50. The van der Waals surface area contributed by atoms with Gasteiger partial charge in [0.25, 0.3) is 0 Å². The zero-order valence-electron chi connectivity index (χ0n) is 12.7. The fourth-order valence-electron chi connectivity index (χ4n) is 2.67. The van der Waals surface area contributed by atoms with Crippen LogP contribution in [0.3, 0.4) is 0 Å². The largest absolute Gasteiger partial charge is 0.468 e. The molecule has 1 aromatic heterocycles. The van der Waals surface area contributed by atoms with Gasteiger partial charge in [-0.25, -0.2) is 8.42 Å². The van der Waals surface area contributed by atoms with Crippen molar-refractivity contribution in [2.75, 3.05) is 26.2 Å². The van der Waals surface area contributed by atoms with Crippen LogP contribution < -0.4 is 0 Å². The fourth-order valence-corrected chi connectivity index (χ4v) is 4.31. The van der Waals surface area contributed by atoms with Gasteiger partial charge in [-0.1, -0.05) is 23.7 Å². The van der Waals surface area contributed by atoms with Crippen molar-refractivity contribution in [3.8, 4) is 0 Å². The number of halogens is 1. The highest BCUT2D eigenvalue weighted by atomic mass is 35.5. The summed E-state index contributed by atoms with van der Waals surface area (Å²) in [6.07, 6.45) is 1.65. The minimum Gasteiger partial charge on any atom is -0.468 e. The second kappa shape index (κ2) is 7.05. The highest BCUT2D eigenvalue weighted by Crippen LogP contribution is 2.17. The van der Waals surface area contributed by atoms with E-state index in [2.05, 4.69) is 4.90 Å². The van der Waals surface area contributed by atoms with E-state index in [4.69, 9.17) is 16.0 Å². The Hall–Kier alpha value is -1.34.